The van der Waals surface area contributed by atoms with E-state index in [4.69, 9.17) is 28.1 Å². The predicted molar refractivity (Wildman–Crippen MR) is 117 cm³/mol. The van der Waals surface area contributed by atoms with Gasteiger partial charge in [0.15, 0.2) is 23.3 Å². The van der Waals surface area contributed by atoms with Crippen molar-refractivity contribution in [3.8, 4) is 0 Å². The minimum Gasteiger partial charge on any atom is -0.347 e. The summed E-state index contributed by atoms with van der Waals surface area (Å²) < 4.78 is 57.5. The van der Waals surface area contributed by atoms with Crippen LogP contribution in [0.25, 0.3) is 11.2 Å². The lowest BCUT2D eigenvalue weighted by Gasteiger charge is -2.19. The van der Waals surface area contributed by atoms with Crippen molar-refractivity contribution in [2.45, 2.75) is 38.4 Å². The van der Waals surface area contributed by atoms with Gasteiger partial charge in [0.05, 0.1) is 12.9 Å². The molecule has 2 saturated heterocycles. The van der Waals surface area contributed by atoms with E-state index >= 15 is 0 Å². The summed E-state index contributed by atoms with van der Waals surface area (Å²) in [6.45, 7) is 2.64. The van der Waals surface area contributed by atoms with Crippen molar-refractivity contribution >= 4 is 46.5 Å². The number of imidazole rings is 1. The van der Waals surface area contributed by atoms with Gasteiger partial charge in [-0.1, -0.05) is 13.8 Å². The number of H-pyrrole nitrogens is 1. The summed E-state index contributed by atoms with van der Waals surface area (Å²) in [5.41, 5.74) is -0.763. The van der Waals surface area contributed by atoms with Gasteiger partial charge in [0, 0.05) is 5.92 Å². The predicted octanol–water partition coefficient (Wildman–Crippen LogP) is 0.122. The van der Waals surface area contributed by atoms with E-state index in [2.05, 4.69) is 20.3 Å². The highest BCUT2D eigenvalue weighted by Crippen LogP contribution is 2.56. The van der Waals surface area contributed by atoms with Crippen LogP contribution in [0.3, 0.4) is 0 Å². The molecular formula is C15H22N5O12P3. The van der Waals surface area contributed by atoms with Crippen molar-refractivity contribution in [1.29, 1.82) is 0 Å². The van der Waals surface area contributed by atoms with Crippen LogP contribution in [0.4, 0.5) is 5.95 Å². The number of rotatable bonds is 8. The lowest BCUT2D eigenvalue weighted by Crippen LogP contribution is -2.31. The molecule has 2 fully saturated rings. The standard InChI is InChI=1S/C15H22N5O12P3/c1-6(2)12(21)18-15-17-11-8(13(22)19-15)16-4-20(11)14-10-9(31-33(23)32-10)7(30-14)3-29-35(27,28)5-34(24,25)26/h4,6-7,9-10,14,33H,3,5H2,1-2H3,(H,27,28)(H2,24,25,26)(H2,17,18,19,21,22)/t7-,9?,10?,14-/m1/s1. The first-order chi connectivity index (χ1) is 16.2. The lowest BCUT2D eigenvalue weighted by atomic mass is 10.1. The van der Waals surface area contributed by atoms with Crippen LogP contribution >= 0.6 is 23.4 Å². The highest BCUT2D eigenvalue weighted by Gasteiger charge is 2.54. The Labute approximate surface area is 196 Å². The van der Waals surface area contributed by atoms with Crippen LogP contribution in [0.5, 0.6) is 0 Å². The minimum absolute atomic E-state index is 0.0115. The molecule has 2 aliphatic heterocycles. The number of nitrogens with one attached hydrogen (secondary N) is 2. The Balaban J connectivity index is 1.61. The first-order valence-electron chi connectivity index (χ1n) is 10.1. The van der Waals surface area contributed by atoms with Gasteiger partial charge in [-0.25, -0.2) is 4.98 Å². The molecule has 20 heteroatoms. The average Bonchev–Trinajstić information content (AvgIpc) is 3.38. The van der Waals surface area contributed by atoms with E-state index in [0.717, 1.165) is 0 Å². The van der Waals surface area contributed by atoms with Crippen LogP contribution in [-0.4, -0.2) is 70.9 Å². The van der Waals surface area contributed by atoms with Crippen LogP contribution in [-0.2, 0) is 36.8 Å². The Morgan fingerprint density at radius 1 is 1.31 bits per heavy atom. The quantitative estimate of drug-likeness (QED) is 0.271. The molecule has 0 spiro atoms. The van der Waals surface area contributed by atoms with Crippen LogP contribution in [0.15, 0.2) is 11.1 Å². The van der Waals surface area contributed by atoms with Gasteiger partial charge < -0.3 is 28.5 Å². The number of hydrogen-bond donors (Lipinski definition) is 5. The van der Waals surface area contributed by atoms with Crippen molar-refractivity contribution in [2.24, 2.45) is 5.92 Å². The zero-order chi connectivity index (χ0) is 25.7. The molecular weight excluding hydrogens is 535 g/mol. The summed E-state index contributed by atoms with van der Waals surface area (Å²) in [7, 11) is -12.5. The van der Waals surface area contributed by atoms with Gasteiger partial charge in [-0.05, 0) is 0 Å². The lowest BCUT2D eigenvalue weighted by molar-refractivity contribution is -0.118. The molecule has 2 aromatic rings. The van der Waals surface area contributed by atoms with Crippen molar-refractivity contribution in [3.05, 3.63) is 16.7 Å². The zero-order valence-corrected chi connectivity index (χ0v) is 20.9. The number of amides is 1. The summed E-state index contributed by atoms with van der Waals surface area (Å²) in [4.78, 5) is 62.7. The molecule has 194 valence electrons. The largest absolute Gasteiger partial charge is 0.347 e. The summed E-state index contributed by atoms with van der Waals surface area (Å²) >= 11 is 0. The van der Waals surface area contributed by atoms with Crippen LogP contribution in [0, 0.1) is 5.92 Å². The summed E-state index contributed by atoms with van der Waals surface area (Å²) in [5, 5.41) is 2.47. The summed E-state index contributed by atoms with van der Waals surface area (Å²) in [6, 6.07) is 0. The second-order valence-electron chi connectivity index (χ2n) is 8.10. The van der Waals surface area contributed by atoms with E-state index in [9.17, 15) is 28.2 Å². The maximum absolute atomic E-state index is 12.4. The number of fused-ring (bicyclic) bond motifs is 2. The monoisotopic (exact) mass is 557 g/mol. The molecule has 4 unspecified atom stereocenters. The van der Waals surface area contributed by atoms with E-state index in [-0.39, 0.29) is 17.1 Å². The number of aromatic amines is 1. The Kier molecular flexibility index (Phi) is 7.21. The molecule has 4 rings (SSSR count). The number of anilines is 1. The van der Waals surface area contributed by atoms with E-state index in [0.29, 0.717) is 0 Å². The molecule has 35 heavy (non-hydrogen) atoms. The Hall–Kier alpha value is -1.77. The number of ether oxygens (including phenoxy) is 1. The third-order valence-electron chi connectivity index (χ3n) is 5.03. The molecule has 0 radical (unpaired) electrons. The number of hydrogen-bond acceptors (Lipinski definition) is 11. The van der Waals surface area contributed by atoms with Gasteiger partial charge in [-0.2, -0.15) is 4.98 Å². The number of nitrogens with zero attached hydrogens (tertiary/aromatic N) is 3. The molecule has 0 bridgehead atoms. The minimum atomic E-state index is -4.85. The van der Waals surface area contributed by atoms with Crippen molar-refractivity contribution < 1.29 is 51.5 Å². The van der Waals surface area contributed by atoms with Crippen LogP contribution in [0.1, 0.15) is 20.1 Å². The number of carbonyl (C=O) groups excluding carboxylic acids is 1. The van der Waals surface area contributed by atoms with Gasteiger partial charge in [-0.15, -0.1) is 0 Å². The summed E-state index contributed by atoms with van der Waals surface area (Å²) in [5.74, 6) is -2.34. The Morgan fingerprint density at radius 3 is 2.66 bits per heavy atom. The van der Waals surface area contributed by atoms with E-state index < -0.39 is 77.9 Å². The van der Waals surface area contributed by atoms with E-state index in [1.165, 1.54) is 10.9 Å². The number of carbonyl (C=O) groups is 1. The smallest absolute Gasteiger partial charge is 0.340 e. The van der Waals surface area contributed by atoms with Gasteiger partial charge in [0.2, 0.25) is 11.9 Å². The fourth-order valence-electron chi connectivity index (χ4n) is 3.48. The van der Waals surface area contributed by atoms with Gasteiger partial charge >= 0.3 is 23.4 Å². The maximum atomic E-state index is 12.4. The average molecular weight is 557 g/mol. The topological polar surface area (TPSA) is 241 Å². The SMILES string of the molecule is CC(C)C(=O)Nc1nc2c(ncn2[C@@H]2O[C@H](COP(=O)(O)CP(=O)(O)O)C3O[PH](=O)OC32)c(=O)[nH]1. The second-order valence-corrected chi connectivity index (χ2v) is 13.1. The third kappa shape index (κ3) is 5.81. The van der Waals surface area contributed by atoms with Crippen molar-refractivity contribution in [2.75, 3.05) is 17.8 Å². The fraction of sp³-hybridized carbons (Fsp3) is 0.600. The normalized spacial score (nSPS) is 28.3. The van der Waals surface area contributed by atoms with E-state index in [1.807, 2.05) is 0 Å². The van der Waals surface area contributed by atoms with Gasteiger partial charge in [0.25, 0.3) is 5.56 Å². The zero-order valence-electron chi connectivity index (χ0n) is 18.1. The Morgan fingerprint density at radius 2 is 2.00 bits per heavy atom. The fourth-order valence-corrected chi connectivity index (χ4v) is 7.09. The highest BCUT2D eigenvalue weighted by molar-refractivity contribution is 7.70. The third-order valence-corrected chi connectivity index (χ3v) is 9.41. The van der Waals surface area contributed by atoms with Crippen molar-refractivity contribution in [1.82, 2.24) is 19.5 Å². The van der Waals surface area contributed by atoms with Crippen LogP contribution in [0.2, 0.25) is 0 Å². The van der Waals surface area contributed by atoms with Gasteiger partial charge in [-0.3, -0.25) is 42.7 Å². The molecule has 4 heterocycles. The molecule has 0 saturated carbocycles. The van der Waals surface area contributed by atoms with Crippen LogP contribution < -0.4 is 10.9 Å². The molecule has 1 amide bonds. The molecule has 0 aromatic carbocycles. The molecule has 6 atom stereocenters. The number of aromatic nitrogens is 4. The highest BCUT2D eigenvalue weighted by atomic mass is 31.2. The first-order valence-corrected chi connectivity index (χ1v) is 14.8. The summed E-state index contributed by atoms with van der Waals surface area (Å²) in [6.07, 6.45) is -3.13. The molecule has 5 N–H and O–H groups in total. The maximum Gasteiger partial charge on any atom is 0.340 e. The van der Waals surface area contributed by atoms with Crippen molar-refractivity contribution in [3.63, 3.8) is 0 Å². The van der Waals surface area contributed by atoms with E-state index in [1.54, 1.807) is 13.8 Å². The molecule has 17 nitrogen and oxygen atoms in total. The molecule has 2 aromatic heterocycles. The first kappa shape index (κ1) is 26.3. The Bertz CT molecular complexity index is 1320. The van der Waals surface area contributed by atoms with Gasteiger partial charge in [0.1, 0.15) is 18.3 Å². The molecule has 2 aliphatic rings. The second kappa shape index (κ2) is 9.60. The molecule has 0 aliphatic carbocycles.